The molecule has 2 fully saturated rings. The lowest BCUT2D eigenvalue weighted by atomic mass is 9.75. The van der Waals surface area contributed by atoms with Crippen molar-refractivity contribution in [2.45, 2.75) is 57.5 Å². The van der Waals surface area contributed by atoms with Crippen LogP contribution < -0.4 is 0 Å². The zero-order chi connectivity index (χ0) is 14.0. The Morgan fingerprint density at radius 2 is 1.89 bits per heavy atom. The van der Waals surface area contributed by atoms with Crippen LogP contribution in [0.2, 0.25) is 0 Å². The average Bonchev–Trinajstić information content (AvgIpc) is 2.30. The molecule has 1 aliphatic carbocycles. The van der Waals surface area contributed by atoms with Crippen LogP contribution in [0.1, 0.15) is 47.0 Å². The third-order valence-electron chi connectivity index (χ3n) is 4.72. The molecule has 0 N–H and O–H groups in total. The molecule has 1 saturated heterocycles. The van der Waals surface area contributed by atoms with Gasteiger partial charge in [0.2, 0.25) is 0 Å². The molecule has 1 aliphatic heterocycles. The van der Waals surface area contributed by atoms with Gasteiger partial charge in [-0.05, 0) is 24.7 Å². The Bertz CT molecular complexity index is 308. The number of rotatable bonds is 3. The number of Topliss-reactive ketones (excluding diaryl/α,β-unsaturated/α-hetero) is 1. The third-order valence-corrected chi connectivity index (χ3v) is 5.95. The summed E-state index contributed by atoms with van der Waals surface area (Å²) < 4.78 is 0. The van der Waals surface area contributed by atoms with Crippen molar-refractivity contribution >= 4 is 17.5 Å². The van der Waals surface area contributed by atoms with Crippen LogP contribution in [-0.2, 0) is 4.79 Å². The first-order chi connectivity index (χ1) is 8.95. The maximum atomic E-state index is 12.2. The predicted octanol–water partition coefficient (Wildman–Crippen LogP) is 3.45. The minimum absolute atomic E-state index is 0.309. The Labute approximate surface area is 122 Å². The standard InChI is InChI=1S/C16H29NOS/c1-11(2)14-5-6-16(18)15(7-14)10-17-8-12(3)19-13(4)9-17/h11-15H,5-10H2,1-4H3. The van der Waals surface area contributed by atoms with Gasteiger partial charge in [-0.1, -0.05) is 27.7 Å². The highest BCUT2D eigenvalue weighted by Crippen LogP contribution is 2.33. The molecule has 0 spiro atoms. The van der Waals surface area contributed by atoms with Crippen LogP contribution in [0, 0.1) is 17.8 Å². The van der Waals surface area contributed by atoms with Gasteiger partial charge in [-0.15, -0.1) is 0 Å². The van der Waals surface area contributed by atoms with Crippen LogP contribution in [0.25, 0.3) is 0 Å². The molecule has 0 aromatic rings. The van der Waals surface area contributed by atoms with Gasteiger partial charge in [0.15, 0.2) is 0 Å². The van der Waals surface area contributed by atoms with Crippen molar-refractivity contribution in [3.63, 3.8) is 0 Å². The fourth-order valence-corrected chi connectivity index (χ4v) is 5.06. The molecule has 0 bridgehead atoms. The van der Waals surface area contributed by atoms with Crippen molar-refractivity contribution in [3.05, 3.63) is 0 Å². The molecular formula is C16H29NOS. The summed E-state index contributed by atoms with van der Waals surface area (Å²) >= 11 is 2.09. The zero-order valence-electron chi connectivity index (χ0n) is 12.9. The van der Waals surface area contributed by atoms with Gasteiger partial charge in [0.25, 0.3) is 0 Å². The highest BCUT2D eigenvalue weighted by Gasteiger charge is 2.33. The van der Waals surface area contributed by atoms with Gasteiger partial charge < -0.3 is 4.90 Å². The maximum absolute atomic E-state index is 12.2. The Morgan fingerprint density at radius 3 is 2.47 bits per heavy atom. The molecule has 1 saturated carbocycles. The van der Waals surface area contributed by atoms with Crippen LogP contribution in [-0.4, -0.2) is 40.8 Å². The summed E-state index contributed by atoms with van der Waals surface area (Å²) in [7, 11) is 0. The van der Waals surface area contributed by atoms with Crippen molar-refractivity contribution in [1.29, 1.82) is 0 Å². The minimum Gasteiger partial charge on any atom is -0.300 e. The number of ketones is 1. The summed E-state index contributed by atoms with van der Waals surface area (Å²) in [6.45, 7) is 12.6. The highest BCUT2D eigenvalue weighted by atomic mass is 32.2. The van der Waals surface area contributed by atoms with E-state index in [0.717, 1.165) is 50.7 Å². The number of carbonyl (C=O) groups is 1. The summed E-state index contributed by atoms with van der Waals surface area (Å²) in [4.78, 5) is 14.7. The lowest BCUT2D eigenvalue weighted by Crippen LogP contribution is -2.45. The van der Waals surface area contributed by atoms with Crippen LogP contribution in [0.3, 0.4) is 0 Å². The van der Waals surface area contributed by atoms with Crippen molar-refractivity contribution in [1.82, 2.24) is 4.90 Å². The molecule has 2 aliphatic rings. The predicted molar refractivity (Wildman–Crippen MR) is 83.6 cm³/mol. The van der Waals surface area contributed by atoms with Crippen molar-refractivity contribution in [3.8, 4) is 0 Å². The largest absolute Gasteiger partial charge is 0.300 e. The van der Waals surface area contributed by atoms with Crippen molar-refractivity contribution in [2.24, 2.45) is 17.8 Å². The van der Waals surface area contributed by atoms with E-state index in [1.807, 2.05) is 0 Å². The van der Waals surface area contributed by atoms with Crippen molar-refractivity contribution in [2.75, 3.05) is 19.6 Å². The van der Waals surface area contributed by atoms with E-state index in [1.165, 1.54) is 0 Å². The van der Waals surface area contributed by atoms with E-state index in [2.05, 4.69) is 44.4 Å². The summed E-state index contributed by atoms with van der Waals surface area (Å²) in [6, 6.07) is 0. The van der Waals surface area contributed by atoms with E-state index >= 15 is 0 Å². The number of carbonyl (C=O) groups excluding carboxylic acids is 1. The molecule has 19 heavy (non-hydrogen) atoms. The number of thioether (sulfide) groups is 1. The second kappa shape index (κ2) is 6.62. The Hall–Kier alpha value is -0.0200. The van der Waals surface area contributed by atoms with E-state index in [9.17, 15) is 4.79 Å². The number of hydrogen-bond acceptors (Lipinski definition) is 3. The molecule has 1 heterocycles. The third kappa shape index (κ3) is 4.22. The van der Waals surface area contributed by atoms with Crippen LogP contribution >= 0.6 is 11.8 Å². The molecular weight excluding hydrogens is 254 g/mol. The molecule has 0 amide bonds. The summed E-state index contributed by atoms with van der Waals surface area (Å²) in [5.74, 6) is 2.32. The van der Waals surface area contributed by atoms with Gasteiger partial charge in [0, 0.05) is 42.5 Å². The van der Waals surface area contributed by atoms with Gasteiger partial charge in [-0.2, -0.15) is 11.8 Å². The van der Waals surface area contributed by atoms with E-state index in [-0.39, 0.29) is 0 Å². The molecule has 4 unspecified atom stereocenters. The molecule has 2 nitrogen and oxygen atoms in total. The lowest BCUT2D eigenvalue weighted by Gasteiger charge is -2.38. The van der Waals surface area contributed by atoms with E-state index in [4.69, 9.17) is 0 Å². The average molecular weight is 283 g/mol. The highest BCUT2D eigenvalue weighted by molar-refractivity contribution is 8.00. The van der Waals surface area contributed by atoms with E-state index in [1.54, 1.807) is 0 Å². The molecule has 2 rings (SSSR count). The molecule has 0 radical (unpaired) electrons. The van der Waals surface area contributed by atoms with E-state index in [0.29, 0.717) is 22.2 Å². The normalized spacial score (nSPS) is 37.8. The summed E-state index contributed by atoms with van der Waals surface area (Å²) in [6.07, 6.45) is 3.07. The maximum Gasteiger partial charge on any atom is 0.137 e. The van der Waals surface area contributed by atoms with Crippen LogP contribution in [0.4, 0.5) is 0 Å². The first-order valence-corrected chi connectivity index (χ1v) is 8.80. The van der Waals surface area contributed by atoms with Crippen molar-refractivity contribution < 1.29 is 4.79 Å². The van der Waals surface area contributed by atoms with E-state index < -0.39 is 0 Å². The Morgan fingerprint density at radius 1 is 1.26 bits per heavy atom. The van der Waals surface area contributed by atoms with Gasteiger partial charge in [0.1, 0.15) is 5.78 Å². The fraction of sp³-hybridized carbons (Fsp3) is 0.938. The molecule has 110 valence electrons. The summed E-state index contributed by atoms with van der Waals surface area (Å²) in [5, 5.41) is 1.42. The first kappa shape index (κ1) is 15.4. The zero-order valence-corrected chi connectivity index (χ0v) is 13.7. The fourth-order valence-electron chi connectivity index (χ4n) is 3.67. The van der Waals surface area contributed by atoms with Gasteiger partial charge in [-0.3, -0.25) is 4.79 Å². The van der Waals surface area contributed by atoms with Gasteiger partial charge in [-0.25, -0.2) is 0 Å². The monoisotopic (exact) mass is 283 g/mol. The SMILES string of the molecule is CC1CN(CC2CC(C(C)C)CCC2=O)CC(C)S1. The van der Waals surface area contributed by atoms with Crippen LogP contribution in [0.5, 0.6) is 0 Å². The minimum atomic E-state index is 0.309. The Balaban J connectivity index is 1.91. The second-order valence-electron chi connectivity index (χ2n) is 6.92. The second-order valence-corrected chi connectivity index (χ2v) is 8.80. The Kier molecular flexibility index (Phi) is 5.36. The lowest BCUT2D eigenvalue weighted by molar-refractivity contribution is -0.126. The van der Waals surface area contributed by atoms with Gasteiger partial charge in [0.05, 0.1) is 0 Å². The van der Waals surface area contributed by atoms with Gasteiger partial charge >= 0.3 is 0 Å². The first-order valence-electron chi connectivity index (χ1n) is 7.86. The van der Waals surface area contributed by atoms with Crippen LogP contribution in [0.15, 0.2) is 0 Å². The molecule has 4 atom stereocenters. The smallest absolute Gasteiger partial charge is 0.137 e. The molecule has 0 aromatic heterocycles. The topological polar surface area (TPSA) is 20.3 Å². The molecule has 0 aromatic carbocycles. The summed E-state index contributed by atoms with van der Waals surface area (Å²) in [5.41, 5.74) is 0. The molecule has 3 heteroatoms. The number of hydrogen-bond donors (Lipinski definition) is 0. The quantitative estimate of drug-likeness (QED) is 0.791. The number of nitrogens with zero attached hydrogens (tertiary/aromatic N) is 1.